The van der Waals surface area contributed by atoms with Crippen molar-refractivity contribution in [1.29, 1.82) is 0 Å². The average molecular weight is 971 g/mol. The van der Waals surface area contributed by atoms with E-state index in [4.69, 9.17) is 4.42 Å². The molecule has 14 rings (SSSR count). The lowest BCUT2D eigenvalue weighted by atomic mass is 9.42. The van der Waals surface area contributed by atoms with Crippen molar-refractivity contribution >= 4 is 68.1 Å². The average Bonchev–Trinajstić information content (AvgIpc) is 3.86. The van der Waals surface area contributed by atoms with Gasteiger partial charge in [-0.1, -0.05) is 158 Å². The fourth-order valence-electron chi connectivity index (χ4n) is 15.8. The molecule has 374 valence electrons. The van der Waals surface area contributed by atoms with Crippen molar-refractivity contribution in [3.63, 3.8) is 0 Å². The number of rotatable bonds is 2. The van der Waals surface area contributed by atoms with E-state index in [2.05, 4.69) is 223 Å². The van der Waals surface area contributed by atoms with Crippen LogP contribution in [-0.4, -0.2) is 6.85 Å². The van der Waals surface area contributed by atoms with Gasteiger partial charge in [0.1, 0.15) is 5.58 Å². The number of hydrogen-bond acceptors (Lipinski definition) is 3. The van der Waals surface area contributed by atoms with Gasteiger partial charge in [-0.25, -0.2) is 0 Å². The van der Waals surface area contributed by atoms with Gasteiger partial charge in [0.25, 0.3) is 0 Å². The van der Waals surface area contributed by atoms with Gasteiger partial charge in [-0.05, 0) is 204 Å². The standard InChI is InChI=1S/C70H75BN2O/c1-40-34-50-53(68(10,11)32-30-65(50,4)5)38-56(40)72-55-27-26-49-59(43-21-16-18-22-47(43)70(49,14)15)61(55)71-60-45(36-46-42-20-17-19-23-58(42)74-63(46)62(60)72)44-37-52-54(69(12,13)33-31-67(52,8)9)39-57(44)73(71)41-24-25-48-51(35-41)66(6,7)29-28-64(48,2)3/h16-27,34-39H,28-33H2,1-15H3. The molecule has 3 nitrogen and oxygen atoms in total. The van der Waals surface area contributed by atoms with Crippen LogP contribution in [0.2, 0.25) is 0 Å². The molecule has 0 unspecified atom stereocenters. The van der Waals surface area contributed by atoms with Crippen LogP contribution in [0.15, 0.2) is 114 Å². The van der Waals surface area contributed by atoms with Gasteiger partial charge in [-0.3, -0.25) is 0 Å². The summed E-state index contributed by atoms with van der Waals surface area (Å²) in [6.07, 6.45) is 6.99. The van der Waals surface area contributed by atoms with Gasteiger partial charge in [0.2, 0.25) is 0 Å². The van der Waals surface area contributed by atoms with Crippen LogP contribution in [-0.2, 0) is 37.9 Å². The first kappa shape index (κ1) is 46.5. The molecule has 0 fully saturated rings. The second kappa shape index (κ2) is 14.5. The number of hydrogen-bond donors (Lipinski definition) is 0. The van der Waals surface area contributed by atoms with E-state index >= 15 is 0 Å². The Morgan fingerprint density at radius 1 is 0.419 bits per heavy atom. The first-order valence-electron chi connectivity index (χ1n) is 28.2. The number of fused-ring (bicyclic) bond motifs is 15. The normalized spacial score (nSPS) is 21.0. The minimum atomic E-state index is -0.192. The van der Waals surface area contributed by atoms with Crippen molar-refractivity contribution in [2.24, 2.45) is 0 Å². The van der Waals surface area contributed by atoms with Crippen LogP contribution in [0.5, 0.6) is 0 Å². The van der Waals surface area contributed by atoms with Gasteiger partial charge in [0.15, 0.2) is 5.58 Å². The van der Waals surface area contributed by atoms with E-state index in [9.17, 15) is 0 Å². The molecule has 0 saturated carbocycles. The maximum Gasteiger partial charge on any atom is 0.333 e. The molecule has 4 heteroatoms. The highest BCUT2D eigenvalue weighted by Gasteiger charge is 2.53. The van der Waals surface area contributed by atoms with E-state index in [1.165, 1.54) is 135 Å². The quantitative estimate of drug-likeness (QED) is 0.161. The van der Waals surface area contributed by atoms with Crippen molar-refractivity contribution in [2.45, 2.75) is 180 Å². The van der Waals surface area contributed by atoms with Crippen LogP contribution in [0.3, 0.4) is 0 Å². The molecule has 6 aliphatic rings. The van der Waals surface area contributed by atoms with Gasteiger partial charge < -0.3 is 14.1 Å². The summed E-state index contributed by atoms with van der Waals surface area (Å²) in [5, 5.41) is 2.35. The minimum Gasteiger partial charge on any atom is -0.454 e. The van der Waals surface area contributed by atoms with Crippen LogP contribution in [0.4, 0.5) is 28.4 Å². The number of nitrogens with zero attached hydrogens (tertiary/aromatic N) is 2. The van der Waals surface area contributed by atoms with E-state index < -0.39 is 0 Å². The van der Waals surface area contributed by atoms with E-state index in [1.807, 2.05) is 0 Å². The smallest absolute Gasteiger partial charge is 0.333 e. The van der Waals surface area contributed by atoms with Crippen molar-refractivity contribution in [1.82, 2.24) is 0 Å². The van der Waals surface area contributed by atoms with Gasteiger partial charge in [-0.2, -0.15) is 0 Å². The lowest BCUT2D eigenvalue weighted by Gasteiger charge is -2.49. The number of aryl methyl sites for hydroxylation is 1. The molecule has 74 heavy (non-hydrogen) atoms. The monoisotopic (exact) mass is 971 g/mol. The number of para-hydroxylation sites is 1. The van der Waals surface area contributed by atoms with Gasteiger partial charge in [-0.15, -0.1) is 0 Å². The van der Waals surface area contributed by atoms with Gasteiger partial charge >= 0.3 is 6.85 Å². The predicted octanol–water partition coefficient (Wildman–Crippen LogP) is 18.0. The highest BCUT2D eigenvalue weighted by Crippen LogP contribution is 2.59. The zero-order valence-electron chi connectivity index (χ0n) is 47.0. The third kappa shape index (κ3) is 6.03. The van der Waals surface area contributed by atoms with E-state index in [0.29, 0.717) is 0 Å². The second-order valence-electron chi connectivity index (χ2n) is 28.5. The minimum absolute atomic E-state index is 0.0153. The first-order chi connectivity index (χ1) is 34.8. The Bertz CT molecular complexity index is 3810. The number of furan rings is 1. The Hall–Kier alpha value is -6.00. The zero-order valence-corrected chi connectivity index (χ0v) is 47.0. The van der Waals surface area contributed by atoms with Gasteiger partial charge in [0.05, 0.1) is 5.69 Å². The molecule has 7 aromatic carbocycles. The van der Waals surface area contributed by atoms with Crippen LogP contribution in [0.1, 0.15) is 186 Å². The van der Waals surface area contributed by atoms with E-state index in [1.54, 1.807) is 0 Å². The Balaban J connectivity index is 1.20. The fourth-order valence-corrected chi connectivity index (χ4v) is 15.8. The maximum absolute atomic E-state index is 7.44. The Morgan fingerprint density at radius 3 is 1.62 bits per heavy atom. The molecule has 0 spiro atoms. The molecule has 8 aromatic rings. The zero-order chi connectivity index (χ0) is 51.8. The Labute approximate surface area is 441 Å². The molecular weight excluding hydrogens is 896 g/mol. The highest BCUT2D eigenvalue weighted by molar-refractivity contribution is 6.95. The first-order valence-corrected chi connectivity index (χ1v) is 28.2. The summed E-state index contributed by atoms with van der Waals surface area (Å²) in [6.45, 7) is 36.9. The molecule has 0 atom stereocenters. The van der Waals surface area contributed by atoms with Crippen LogP contribution in [0, 0.1) is 6.92 Å². The molecule has 4 aliphatic carbocycles. The fraction of sp³-hybridized carbons (Fsp3) is 0.400. The Morgan fingerprint density at radius 2 is 0.959 bits per heavy atom. The molecule has 1 aromatic heterocycles. The summed E-state index contributed by atoms with van der Waals surface area (Å²) in [5.41, 5.74) is 29.4. The molecular formula is C70H75BN2O. The van der Waals surface area contributed by atoms with Crippen molar-refractivity contribution < 1.29 is 4.42 Å². The third-order valence-corrected chi connectivity index (χ3v) is 20.8. The van der Waals surface area contributed by atoms with Crippen LogP contribution in [0.25, 0.3) is 44.2 Å². The van der Waals surface area contributed by atoms with Crippen molar-refractivity contribution in [3.8, 4) is 22.3 Å². The summed E-state index contributed by atoms with van der Waals surface area (Å²) in [4.78, 5) is 5.56. The van der Waals surface area contributed by atoms with Crippen LogP contribution < -0.4 is 20.6 Å². The topological polar surface area (TPSA) is 19.6 Å². The van der Waals surface area contributed by atoms with E-state index in [-0.39, 0.29) is 44.8 Å². The van der Waals surface area contributed by atoms with Crippen molar-refractivity contribution in [2.75, 3.05) is 9.71 Å². The van der Waals surface area contributed by atoms with E-state index in [0.717, 1.165) is 36.8 Å². The summed E-state index contributed by atoms with van der Waals surface area (Å²) in [7, 11) is 0. The lowest BCUT2D eigenvalue weighted by Crippen LogP contribution is -2.62. The van der Waals surface area contributed by atoms with Crippen molar-refractivity contribution in [3.05, 3.63) is 159 Å². The second-order valence-corrected chi connectivity index (χ2v) is 28.5. The molecule has 0 amide bonds. The molecule has 0 bridgehead atoms. The van der Waals surface area contributed by atoms with Crippen LogP contribution >= 0.6 is 0 Å². The largest absolute Gasteiger partial charge is 0.454 e. The highest BCUT2D eigenvalue weighted by atomic mass is 16.3. The molecule has 2 aliphatic heterocycles. The molecule has 3 heterocycles. The predicted molar refractivity (Wildman–Crippen MR) is 316 cm³/mol. The Kier molecular flexibility index (Phi) is 9.10. The summed E-state index contributed by atoms with van der Waals surface area (Å²) in [6, 6.07) is 43.9. The number of benzene rings is 7. The third-order valence-electron chi connectivity index (χ3n) is 20.8. The summed E-state index contributed by atoms with van der Waals surface area (Å²) in [5.74, 6) is 0. The number of anilines is 5. The van der Waals surface area contributed by atoms with Gasteiger partial charge in [0, 0.05) is 44.5 Å². The molecule has 0 saturated heterocycles. The molecule has 0 N–H and O–H groups in total. The lowest BCUT2D eigenvalue weighted by molar-refractivity contribution is 0.332. The SMILES string of the molecule is Cc1cc2c(cc1N1c3ccc4c(c3B3c5c(cc6c(oc7ccccc76)c51)-c1cc5c(cc1N3c1ccc3c(c1)C(C)(C)CCC3(C)C)C(C)(C)CCC5(C)C)-c1ccccc1C4(C)C)C(C)(C)CCC2(C)C. The maximum atomic E-state index is 7.44. The summed E-state index contributed by atoms with van der Waals surface area (Å²) < 4.78 is 7.44. The molecule has 0 radical (unpaired) electrons. The summed E-state index contributed by atoms with van der Waals surface area (Å²) >= 11 is 0.